The molecule has 0 spiro atoms. The van der Waals surface area contributed by atoms with Crippen molar-refractivity contribution in [2.75, 3.05) is 25.1 Å². The monoisotopic (exact) mass is 450 g/mol. The Morgan fingerprint density at radius 2 is 2.03 bits per heavy atom. The predicted octanol–water partition coefficient (Wildman–Crippen LogP) is 5.09. The molecule has 3 aromatic rings. The van der Waals surface area contributed by atoms with Gasteiger partial charge in [0, 0.05) is 18.3 Å². The highest BCUT2D eigenvalue weighted by atomic mass is 19.1. The summed E-state index contributed by atoms with van der Waals surface area (Å²) in [5, 5.41) is 13.0. The number of carboxylic acid groups (broad SMARTS) is 1. The summed E-state index contributed by atoms with van der Waals surface area (Å²) in [7, 11) is 1.45. The number of nitrogens with one attached hydrogen (secondary N) is 1. The van der Waals surface area contributed by atoms with Crippen LogP contribution in [0.1, 0.15) is 34.5 Å². The minimum Gasteiger partial charge on any atom is -0.494 e. The summed E-state index contributed by atoms with van der Waals surface area (Å²) in [6, 6.07) is 18.0. The van der Waals surface area contributed by atoms with Crippen LogP contribution < -0.4 is 19.7 Å². The number of aromatic carboxylic acids is 1. The topological polar surface area (TPSA) is 71.0 Å². The molecular weight excluding hydrogens is 423 g/mol. The number of para-hydroxylation sites is 2. The number of rotatable bonds is 7. The number of hydrogen-bond acceptors (Lipinski definition) is 5. The summed E-state index contributed by atoms with van der Waals surface area (Å²) in [4.78, 5) is 13.7. The number of ether oxygens (including phenoxy) is 2. The lowest BCUT2D eigenvalue weighted by atomic mass is 10.1. The first-order valence-electron chi connectivity index (χ1n) is 10.8. The molecule has 3 aromatic carbocycles. The van der Waals surface area contributed by atoms with Gasteiger partial charge in [0.25, 0.3) is 0 Å². The van der Waals surface area contributed by atoms with Crippen LogP contribution in [0, 0.1) is 12.7 Å². The third-order valence-corrected chi connectivity index (χ3v) is 5.93. The van der Waals surface area contributed by atoms with Crippen molar-refractivity contribution in [1.82, 2.24) is 5.32 Å². The molecule has 1 aliphatic heterocycles. The van der Waals surface area contributed by atoms with Crippen molar-refractivity contribution in [2.24, 2.45) is 0 Å². The van der Waals surface area contributed by atoms with Gasteiger partial charge in [0.1, 0.15) is 11.9 Å². The van der Waals surface area contributed by atoms with E-state index in [2.05, 4.69) is 10.2 Å². The molecule has 1 heterocycles. The molecule has 0 aliphatic carbocycles. The maximum Gasteiger partial charge on any atom is 0.336 e. The molecule has 0 fully saturated rings. The standard InChI is InChI=1S/C26H27FN2O4/c1-16-8-10-19(13-21(16)26(30)31)29-15-20(33-24-7-5-4-6-23(24)29)14-28-17(2)18-9-11-22(27)25(12-18)32-3/h4-13,17,20,28H,14-15H2,1-3H3,(H,30,31)/t17-,20?/m1/s1. The van der Waals surface area contributed by atoms with E-state index in [0.717, 1.165) is 28.3 Å². The highest BCUT2D eigenvalue weighted by Crippen LogP contribution is 2.38. The minimum absolute atomic E-state index is 0.0493. The number of fused-ring (bicyclic) bond motifs is 1. The van der Waals surface area contributed by atoms with Crippen molar-refractivity contribution in [3.63, 3.8) is 0 Å². The molecule has 2 atom stereocenters. The maximum atomic E-state index is 13.8. The summed E-state index contributed by atoms with van der Waals surface area (Å²) in [6.07, 6.45) is -0.181. The maximum absolute atomic E-state index is 13.8. The van der Waals surface area contributed by atoms with Gasteiger partial charge in [0.15, 0.2) is 11.6 Å². The number of halogens is 1. The first-order valence-corrected chi connectivity index (χ1v) is 10.8. The van der Waals surface area contributed by atoms with Gasteiger partial charge in [-0.05, 0) is 61.4 Å². The normalized spacial score (nSPS) is 16.0. The van der Waals surface area contributed by atoms with E-state index < -0.39 is 11.8 Å². The van der Waals surface area contributed by atoms with Crippen LogP contribution in [0.25, 0.3) is 0 Å². The van der Waals surface area contributed by atoms with E-state index in [1.165, 1.54) is 13.2 Å². The van der Waals surface area contributed by atoms with Crippen molar-refractivity contribution in [3.05, 3.63) is 83.2 Å². The molecule has 1 unspecified atom stereocenters. The fourth-order valence-corrected chi connectivity index (χ4v) is 4.03. The average Bonchev–Trinajstić information content (AvgIpc) is 2.82. The van der Waals surface area contributed by atoms with Crippen molar-refractivity contribution in [3.8, 4) is 11.5 Å². The van der Waals surface area contributed by atoms with Crippen molar-refractivity contribution in [1.29, 1.82) is 0 Å². The van der Waals surface area contributed by atoms with Crippen LogP contribution in [0.4, 0.5) is 15.8 Å². The van der Waals surface area contributed by atoms with Gasteiger partial charge in [0.05, 0.1) is 24.9 Å². The first-order chi connectivity index (χ1) is 15.9. The quantitative estimate of drug-likeness (QED) is 0.523. The van der Waals surface area contributed by atoms with Gasteiger partial charge in [0.2, 0.25) is 0 Å². The third-order valence-electron chi connectivity index (χ3n) is 5.93. The second-order valence-corrected chi connectivity index (χ2v) is 8.15. The Labute approximate surface area is 192 Å². The first kappa shape index (κ1) is 22.6. The van der Waals surface area contributed by atoms with E-state index in [0.29, 0.717) is 13.1 Å². The molecule has 6 nitrogen and oxygen atoms in total. The van der Waals surface area contributed by atoms with Crippen LogP contribution in [-0.4, -0.2) is 37.4 Å². The predicted molar refractivity (Wildman–Crippen MR) is 125 cm³/mol. The summed E-state index contributed by atoms with van der Waals surface area (Å²) in [5.41, 5.74) is 3.60. The van der Waals surface area contributed by atoms with E-state index in [4.69, 9.17) is 9.47 Å². The summed E-state index contributed by atoms with van der Waals surface area (Å²) < 4.78 is 25.1. The smallest absolute Gasteiger partial charge is 0.336 e. The molecule has 0 bridgehead atoms. The number of benzene rings is 3. The molecule has 4 rings (SSSR count). The second kappa shape index (κ2) is 9.50. The lowest BCUT2D eigenvalue weighted by Gasteiger charge is -2.37. The van der Waals surface area contributed by atoms with Gasteiger partial charge in [-0.15, -0.1) is 0 Å². The Bertz CT molecular complexity index is 1170. The molecule has 0 amide bonds. The van der Waals surface area contributed by atoms with Crippen LogP contribution in [0.5, 0.6) is 11.5 Å². The van der Waals surface area contributed by atoms with Gasteiger partial charge in [-0.3, -0.25) is 0 Å². The third kappa shape index (κ3) is 4.78. The molecule has 172 valence electrons. The molecule has 7 heteroatoms. The number of nitrogens with zero attached hydrogens (tertiary/aromatic N) is 1. The highest BCUT2D eigenvalue weighted by Gasteiger charge is 2.27. The van der Waals surface area contributed by atoms with Crippen molar-refractivity contribution in [2.45, 2.75) is 26.0 Å². The lowest BCUT2D eigenvalue weighted by molar-refractivity contribution is 0.0696. The number of methoxy groups -OCH3 is 1. The fourth-order valence-electron chi connectivity index (χ4n) is 4.03. The van der Waals surface area contributed by atoms with Crippen LogP contribution in [0.3, 0.4) is 0 Å². The van der Waals surface area contributed by atoms with Crippen molar-refractivity contribution >= 4 is 17.3 Å². The Hall–Kier alpha value is -3.58. The summed E-state index contributed by atoms with van der Waals surface area (Å²) in [5.74, 6) is -0.388. The second-order valence-electron chi connectivity index (χ2n) is 8.15. The Morgan fingerprint density at radius 1 is 1.24 bits per heavy atom. The number of anilines is 2. The fraction of sp³-hybridized carbons (Fsp3) is 0.269. The van der Waals surface area contributed by atoms with Crippen molar-refractivity contribution < 1.29 is 23.8 Å². The van der Waals surface area contributed by atoms with E-state index >= 15 is 0 Å². The number of carboxylic acids is 1. The Kier molecular flexibility index (Phi) is 6.51. The number of hydrogen-bond donors (Lipinski definition) is 2. The number of carbonyl (C=O) groups is 1. The highest BCUT2D eigenvalue weighted by molar-refractivity contribution is 5.91. The molecule has 0 saturated carbocycles. The van der Waals surface area contributed by atoms with Crippen LogP contribution in [-0.2, 0) is 0 Å². The van der Waals surface area contributed by atoms with Gasteiger partial charge < -0.3 is 24.8 Å². The summed E-state index contributed by atoms with van der Waals surface area (Å²) in [6.45, 7) is 4.88. The molecule has 2 N–H and O–H groups in total. The SMILES string of the molecule is COc1cc([C@@H](C)NCC2CN(c3ccc(C)c(C(=O)O)c3)c3ccccc3O2)ccc1F. The average molecular weight is 451 g/mol. The minimum atomic E-state index is -0.947. The summed E-state index contributed by atoms with van der Waals surface area (Å²) >= 11 is 0. The Morgan fingerprint density at radius 3 is 2.79 bits per heavy atom. The Balaban J connectivity index is 1.54. The molecule has 33 heavy (non-hydrogen) atoms. The van der Waals surface area contributed by atoms with E-state index in [1.54, 1.807) is 25.1 Å². The van der Waals surface area contributed by atoms with E-state index in [9.17, 15) is 14.3 Å². The largest absolute Gasteiger partial charge is 0.494 e. The zero-order chi connectivity index (χ0) is 23.5. The zero-order valence-electron chi connectivity index (χ0n) is 18.8. The van der Waals surface area contributed by atoms with Gasteiger partial charge in [-0.1, -0.05) is 24.3 Å². The van der Waals surface area contributed by atoms with E-state index in [-0.39, 0.29) is 23.5 Å². The van der Waals surface area contributed by atoms with Gasteiger partial charge >= 0.3 is 5.97 Å². The molecule has 0 aromatic heterocycles. The van der Waals surface area contributed by atoms with Crippen LogP contribution in [0.15, 0.2) is 60.7 Å². The zero-order valence-corrected chi connectivity index (χ0v) is 18.8. The van der Waals surface area contributed by atoms with Gasteiger partial charge in [-0.2, -0.15) is 0 Å². The van der Waals surface area contributed by atoms with E-state index in [1.807, 2.05) is 43.3 Å². The number of aryl methyl sites for hydroxylation is 1. The lowest BCUT2D eigenvalue weighted by Crippen LogP contribution is -2.44. The molecular formula is C26H27FN2O4. The molecule has 1 aliphatic rings. The molecule has 0 radical (unpaired) electrons. The van der Waals surface area contributed by atoms with Crippen LogP contribution >= 0.6 is 0 Å². The van der Waals surface area contributed by atoms with Crippen LogP contribution in [0.2, 0.25) is 0 Å². The van der Waals surface area contributed by atoms with Gasteiger partial charge in [-0.25, -0.2) is 9.18 Å². The molecule has 0 saturated heterocycles.